The topological polar surface area (TPSA) is 12.5 Å². The van der Waals surface area contributed by atoms with Gasteiger partial charge in [-0.05, 0) is 58.7 Å². The molecule has 0 saturated carbocycles. The van der Waals surface area contributed by atoms with Crippen LogP contribution >= 0.6 is 0 Å². The summed E-state index contributed by atoms with van der Waals surface area (Å²) in [7, 11) is 1.68. The quantitative estimate of drug-likeness (QED) is 0.206. The predicted molar refractivity (Wildman–Crippen MR) is 157 cm³/mol. The highest BCUT2D eigenvalue weighted by Crippen LogP contribution is 2.31. The number of nitrogens with zero attached hydrogens (tertiary/aromatic N) is 1. The van der Waals surface area contributed by atoms with Crippen molar-refractivity contribution in [3.8, 4) is 5.75 Å². The van der Waals surface area contributed by atoms with Crippen LogP contribution in [0.3, 0.4) is 0 Å². The molecule has 0 aromatic heterocycles. The molecule has 0 saturated heterocycles. The van der Waals surface area contributed by atoms with E-state index in [0.717, 1.165) is 33.8 Å². The molecule has 0 heterocycles. The van der Waals surface area contributed by atoms with Crippen LogP contribution in [-0.4, -0.2) is 7.11 Å². The van der Waals surface area contributed by atoms with Crippen LogP contribution in [0.4, 0.5) is 11.4 Å². The lowest BCUT2D eigenvalue weighted by molar-refractivity contribution is 0.415. The van der Waals surface area contributed by atoms with E-state index in [1.807, 2.05) is 18.2 Å². The summed E-state index contributed by atoms with van der Waals surface area (Å²) in [6.45, 7) is 0. The van der Waals surface area contributed by atoms with Crippen LogP contribution in [0.15, 0.2) is 146 Å². The summed E-state index contributed by atoms with van der Waals surface area (Å²) in [5.41, 5.74) is 7.98. The Morgan fingerprint density at radius 1 is 0.514 bits per heavy atom. The number of hydrogen-bond acceptors (Lipinski definition) is 2. The van der Waals surface area contributed by atoms with E-state index < -0.39 is 0 Å². The van der Waals surface area contributed by atoms with E-state index in [1.54, 1.807) is 7.11 Å². The minimum Gasteiger partial charge on any atom is -0.497 e. The fourth-order valence-corrected chi connectivity index (χ4v) is 4.22. The van der Waals surface area contributed by atoms with Crippen molar-refractivity contribution < 1.29 is 4.74 Å². The van der Waals surface area contributed by atoms with E-state index in [2.05, 4.69) is 145 Å². The molecule has 5 rings (SSSR count). The standard InChI is InChI=1S/C35H29NO/c1-37-34-25-21-29(22-26-34)18-17-28-19-23-33(24-20-28)36(32-15-9-4-10-16-32)27-35(30-11-5-2-6-12-30)31-13-7-3-8-14-31/h2-27H,1H3/b18-17+. The van der Waals surface area contributed by atoms with E-state index in [-0.39, 0.29) is 0 Å². The fourth-order valence-electron chi connectivity index (χ4n) is 4.22. The molecule has 0 radical (unpaired) electrons. The van der Waals surface area contributed by atoms with Crippen LogP contribution in [0.1, 0.15) is 22.3 Å². The summed E-state index contributed by atoms with van der Waals surface area (Å²) in [5, 5.41) is 0. The average molecular weight is 480 g/mol. The molecule has 5 aromatic rings. The molecule has 0 aliphatic rings. The summed E-state index contributed by atoms with van der Waals surface area (Å²) < 4.78 is 5.25. The molecule has 0 fully saturated rings. The van der Waals surface area contributed by atoms with Gasteiger partial charge in [0.25, 0.3) is 0 Å². The van der Waals surface area contributed by atoms with Gasteiger partial charge in [-0.3, -0.25) is 0 Å². The maximum Gasteiger partial charge on any atom is 0.118 e. The van der Waals surface area contributed by atoms with Crippen molar-refractivity contribution in [1.29, 1.82) is 0 Å². The number of para-hydroxylation sites is 1. The predicted octanol–water partition coefficient (Wildman–Crippen LogP) is 9.09. The zero-order chi connectivity index (χ0) is 25.3. The van der Waals surface area contributed by atoms with Gasteiger partial charge in [0, 0.05) is 23.1 Å². The molecule has 2 nitrogen and oxygen atoms in total. The first-order chi connectivity index (χ1) is 18.3. The van der Waals surface area contributed by atoms with Crippen LogP contribution in [0.25, 0.3) is 17.7 Å². The summed E-state index contributed by atoms with van der Waals surface area (Å²) in [5.74, 6) is 0.862. The molecular formula is C35H29NO. The molecule has 0 spiro atoms. The summed E-state index contributed by atoms with van der Waals surface area (Å²) in [6, 6.07) is 48.3. The number of methoxy groups -OCH3 is 1. The van der Waals surface area contributed by atoms with Crippen LogP contribution in [0.5, 0.6) is 5.75 Å². The summed E-state index contributed by atoms with van der Waals surface area (Å²) in [4.78, 5) is 2.26. The zero-order valence-electron chi connectivity index (χ0n) is 20.9. The van der Waals surface area contributed by atoms with E-state index >= 15 is 0 Å². The Morgan fingerprint density at radius 2 is 0.946 bits per heavy atom. The first-order valence-corrected chi connectivity index (χ1v) is 12.4. The maximum absolute atomic E-state index is 5.25. The normalized spacial score (nSPS) is 10.7. The highest BCUT2D eigenvalue weighted by molar-refractivity contribution is 5.84. The van der Waals surface area contributed by atoms with Gasteiger partial charge in [0.1, 0.15) is 5.75 Å². The molecule has 0 aliphatic heterocycles. The van der Waals surface area contributed by atoms with Crippen LogP contribution in [0, 0.1) is 0 Å². The van der Waals surface area contributed by atoms with Crippen molar-refractivity contribution >= 4 is 29.1 Å². The van der Waals surface area contributed by atoms with Gasteiger partial charge in [0.05, 0.1) is 7.11 Å². The lowest BCUT2D eigenvalue weighted by atomic mass is 9.98. The van der Waals surface area contributed by atoms with Crippen molar-refractivity contribution in [2.75, 3.05) is 12.0 Å². The SMILES string of the molecule is COc1ccc(/C=C/c2ccc(N(C=C(c3ccccc3)c3ccccc3)c3ccccc3)cc2)cc1. The molecular weight excluding hydrogens is 450 g/mol. The second kappa shape index (κ2) is 11.7. The first kappa shape index (κ1) is 23.9. The molecule has 5 aromatic carbocycles. The fraction of sp³-hybridized carbons (Fsp3) is 0.0286. The Hall–Kier alpha value is -4.82. The van der Waals surface area contributed by atoms with Gasteiger partial charge in [0.2, 0.25) is 0 Å². The van der Waals surface area contributed by atoms with E-state index in [9.17, 15) is 0 Å². The third-order valence-corrected chi connectivity index (χ3v) is 6.22. The molecule has 180 valence electrons. The van der Waals surface area contributed by atoms with Crippen molar-refractivity contribution in [1.82, 2.24) is 0 Å². The third-order valence-electron chi connectivity index (χ3n) is 6.22. The molecule has 0 aliphatic carbocycles. The molecule has 0 unspecified atom stereocenters. The average Bonchev–Trinajstić information content (AvgIpc) is 2.99. The third kappa shape index (κ3) is 6.06. The molecule has 2 heteroatoms. The number of hydrogen-bond donors (Lipinski definition) is 0. The summed E-state index contributed by atoms with van der Waals surface area (Å²) in [6.07, 6.45) is 6.49. The highest BCUT2D eigenvalue weighted by atomic mass is 16.5. The lowest BCUT2D eigenvalue weighted by Crippen LogP contribution is -2.10. The van der Waals surface area contributed by atoms with Crippen LogP contribution < -0.4 is 9.64 Å². The first-order valence-electron chi connectivity index (χ1n) is 12.4. The Morgan fingerprint density at radius 3 is 1.43 bits per heavy atom. The smallest absolute Gasteiger partial charge is 0.118 e. The maximum atomic E-state index is 5.25. The van der Waals surface area contributed by atoms with Crippen molar-refractivity contribution in [3.05, 3.63) is 168 Å². The minimum absolute atomic E-state index is 0.862. The van der Waals surface area contributed by atoms with Crippen LogP contribution in [-0.2, 0) is 0 Å². The van der Waals surface area contributed by atoms with Gasteiger partial charge in [-0.15, -0.1) is 0 Å². The van der Waals surface area contributed by atoms with E-state index in [1.165, 1.54) is 11.1 Å². The van der Waals surface area contributed by atoms with E-state index in [4.69, 9.17) is 4.74 Å². The summed E-state index contributed by atoms with van der Waals surface area (Å²) >= 11 is 0. The Kier molecular flexibility index (Phi) is 7.58. The second-order valence-electron chi connectivity index (χ2n) is 8.68. The van der Waals surface area contributed by atoms with Gasteiger partial charge >= 0.3 is 0 Å². The number of anilines is 2. The zero-order valence-corrected chi connectivity index (χ0v) is 20.9. The number of rotatable bonds is 8. The van der Waals surface area contributed by atoms with E-state index in [0.29, 0.717) is 0 Å². The van der Waals surface area contributed by atoms with Crippen LogP contribution in [0.2, 0.25) is 0 Å². The second-order valence-corrected chi connectivity index (χ2v) is 8.68. The van der Waals surface area contributed by atoms with Gasteiger partial charge < -0.3 is 9.64 Å². The lowest BCUT2D eigenvalue weighted by Gasteiger charge is -2.23. The molecule has 0 N–H and O–H groups in total. The molecule has 0 bridgehead atoms. The van der Waals surface area contributed by atoms with Crippen molar-refractivity contribution in [2.45, 2.75) is 0 Å². The largest absolute Gasteiger partial charge is 0.497 e. The van der Waals surface area contributed by atoms with Gasteiger partial charge in [-0.1, -0.05) is 115 Å². The molecule has 37 heavy (non-hydrogen) atoms. The molecule has 0 atom stereocenters. The number of benzene rings is 5. The Labute approximate surface area is 219 Å². The monoisotopic (exact) mass is 479 g/mol. The van der Waals surface area contributed by atoms with Crippen molar-refractivity contribution in [3.63, 3.8) is 0 Å². The van der Waals surface area contributed by atoms with Gasteiger partial charge in [0.15, 0.2) is 0 Å². The molecule has 0 amide bonds. The highest BCUT2D eigenvalue weighted by Gasteiger charge is 2.11. The Balaban J connectivity index is 1.51. The van der Waals surface area contributed by atoms with Gasteiger partial charge in [-0.25, -0.2) is 0 Å². The minimum atomic E-state index is 0.862. The number of ether oxygens (including phenoxy) is 1. The Bertz CT molecular complexity index is 1410. The van der Waals surface area contributed by atoms with Gasteiger partial charge in [-0.2, -0.15) is 0 Å². The van der Waals surface area contributed by atoms with Crippen molar-refractivity contribution in [2.24, 2.45) is 0 Å².